The van der Waals surface area contributed by atoms with Gasteiger partial charge in [0, 0.05) is 17.4 Å². The first kappa shape index (κ1) is 13.7. The highest BCUT2D eigenvalue weighted by molar-refractivity contribution is 7.89. The molecular formula is C11H11ClN4O2S. The van der Waals surface area contributed by atoms with Crippen molar-refractivity contribution in [3.63, 3.8) is 0 Å². The molecule has 0 saturated carbocycles. The maximum atomic E-state index is 11.3. The van der Waals surface area contributed by atoms with Crippen LogP contribution in [0.25, 0.3) is 0 Å². The van der Waals surface area contributed by atoms with E-state index in [4.69, 9.17) is 16.7 Å². The second-order valence-corrected chi connectivity index (χ2v) is 5.77. The number of nitrogens with zero attached hydrogens (tertiary/aromatic N) is 2. The van der Waals surface area contributed by atoms with Crippen LogP contribution >= 0.6 is 11.6 Å². The van der Waals surface area contributed by atoms with Gasteiger partial charge in [-0.25, -0.2) is 23.5 Å². The van der Waals surface area contributed by atoms with Crippen molar-refractivity contribution in [2.24, 2.45) is 5.14 Å². The summed E-state index contributed by atoms with van der Waals surface area (Å²) in [6.07, 6.45) is 1.57. The second kappa shape index (κ2) is 5.12. The first-order chi connectivity index (χ1) is 8.86. The Balaban J connectivity index is 2.36. The number of aryl methyl sites for hydroxylation is 1. The number of hydrogen-bond acceptors (Lipinski definition) is 5. The van der Waals surface area contributed by atoms with Gasteiger partial charge in [0.05, 0.1) is 4.90 Å². The van der Waals surface area contributed by atoms with Crippen molar-refractivity contribution in [1.29, 1.82) is 0 Å². The zero-order valence-corrected chi connectivity index (χ0v) is 11.5. The number of sulfonamides is 1. The summed E-state index contributed by atoms with van der Waals surface area (Å²) < 4.78 is 22.5. The lowest BCUT2D eigenvalue weighted by Gasteiger charge is -2.09. The molecule has 0 spiro atoms. The largest absolute Gasteiger partial charge is 0.340 e. The number of hydrogen-bond donors (Lipinski definition) is 2. The summed E-state index contributed by atoms with van der Waals surface area (Å²) in [4.78, 5) is 7.88. The van der Waals surface area contributed by atoms with Gasteiger partial charge in [-0.15, -0.1) is 0 Å². The Bertz CT molecular complexity index is 718. The topological polar surface area (TPSA) is 98.0 Å². The van der Waals surface area contributed by atoms with Crippen molar-refractivity contribution in [2.45, 2.75) is 11.8 Å². The molecule has 0 aliphatic heterocycles. The predicted molar refractivity (Wildman–Crippen MR) is 72.9 cm³/mol. The van der Waals surface area contributed by atoms with Crippen LogP contribution in [0, 0.1) is 6.92 Å². The van der Waals surface area contributed by atoms with E-state index in [0.717, 1.165) is 5.56 Å². The summed E-state index contributed by atoms with van der Waals surface area (Å²) in [7, 11) is -3.73. The van der Waals surface area contributed by atoms with Crippen LogP contribution < -0.4 is 10.5 Å². The monoisotopic (exact) mass is 298 g/mol. The van der Waals surface area contributed by atoms with Crippen LogP contribution in [-0.4, -0.2) is 18.4 Å². The van der Waals surface area contributed by atoms with Crippen LogP contribution in [-0.2, 0) is 10.0 Å². The van der Waals surface area contributed by atoms with Gasteiger partial charge in [0.15, 0.2) is 0 Å². The van der Waals surface area contributed by atoms with E-state index in [0.29, 0.717) is 11.5 Å². The molecule has 0 aliphatic rings. The fraction of sp³-hybridized carbons (Fsp3) is 0.0909. The zero-order chi connectivity index (χ0) is 14.0. The summed E-state index contributed by atoms with van der Waals surface area (Å²) in [6.45, 7) is 1.81. The molecule has 0 unspecified atom stereocenters. The SMILES string of the molecule is Cc1cnc(Cl)nc1Nc1cccc(S(N)(=O)=O)c1. The molecule has 0 radical (unpaired) electrons. The van der Waals surface area contributed by atoms with Gasteiger partial charge < -0.3 is 5.32 Å². The van der Waals surface area contributed by atoms with Gasteiger partial charge in [0.1, 0.15) is 5.82 Å². The molecule has 1 aromatic carbocycles. The van der Waals surface area contributed by atoms with Crippen LogP contribution in [0.5, 0.6) is 0 Å². The van der Waals surface area contributed by atoms with Gasteiger partial charge in [-0.3, -0.25) is 0 Å². The van der Waals surface area contributed by atoms with E-state index in [9.17, 15) is 8.42 Å². The van der Waals surface area contributed by atoms with E-state index < -0.39 is 10.0 Å². The molecule has 0 aliphatic carbocycles. The van der Waals surface area contributed by atoms with Gasteiger partial charge in [-0.1, -0.05) is 6.07 Å². The third-order valence-electron chi connectivity index (χ3n) is 2.37. The van der Waals surface area contributed by atoms with Gasteiger partial charge in [0.25, 0.3) is 0 Å². The van der Waals surface area contributed by atoms with Gasteiger partial charge in [-0.2, -0.15) is 0 Å². The average molecular weight is 299 g/mol. The van der Waals surface area contributed by atoms with Crippen LogP contribution in [0.1, 0.15) is 5.56 Å². The number of aromatic nitrogens is 2. The summed E-state index contributed by atoms with van der Waals surface area (Å²) in [5, 5.41) is 8.15. The van der Waals surface area contributed by atoms with E-state index in [1.165, 1.54) is 12.1 Å². The standard InChI is InChI=1S/C11H11ClN4O2S/c1-7-6-14-11(12)16-10(7)15-8-3-2-4-9(5-8)19(13,17)18/h2-6H,1H3,(H2,13,17,18)(H,14,15,16). The lowest BCUT2D eigenvalue weighted by atomic mass is 10.3. The molecule has 0 saturated heterocycles. The van der Waals surface area contributed by atoms with Crippen molar-refractivity contribution >= 4 is 33.1 Å². The average Bonchev–Trinajstić information content (AvgIpc) is 2.33. The van der Waals surface area contributed by atoms with Crippen molar-refractivity contribution in [3.05, 3.63) is 41.3 Å². The minimum absolute atomic E-state index is 0.0234. The maximum absolute atomic E-state index is 11.3. The number of rotatable bonds is 3. The summed E-state index contributed by atoms with van der Waals surface area (Å²) >= 11 is 5.71. The molecule has 1 aromatic heterocycles. The molecule has 19 heavy (non-hydrogen) atoms. The smallest absolute Gasteiger partial charge is 0.238 e. The first-order valence-electron chi connectivity index (χ1n) is 5.25. The van der Waals surface area contributed by atoms with E-state index in [1.54, 1.807) is 18.3 Å². The fourth-order valence-electron chi connectivity index (χ4n) is 1.43. The zero-order valence-electron chi connectivity index (χ0n) is 9.96. The Hall–Kier alpha value is -1.70. The first-order valence-corrected chi connectivity index (χ1v) is 7.18. The van der Waals surface area contributed by atoms with Crippen molar-refractivity contribution in [2.75, 3.05) is 5.32 Å². The highest BCUT2D eigenvalue weighted by atomic mass is 35.5. The number of nitrogens with two attached hydrogens (primary N) is 1. The minimum atomic E-state index is -3.73. The van der Waals surface area contributed by atoms with E-state index in [1.807, 2.05) is 6.92 Å². The second-order valence-electron chi connectivity index (χ2n) is 3.87. The van der Waals surface area contributed by atoms with Crippen LogP contribution in [0.3, 0.4) is 0 Å². The molecule has 1 heterocycles. The van der Waals surface area contributed by atoms with Crippen molar-refractivity contribution < 1.29 is 8.42 Å². The molecule has 0 atom stereocenters. The lowest BCUT2D eigenvalue weighted by molar-refractivity contribution is 0.598. The third-order valence-corrected chi connectivity index (χ3v) is 3.46. The quantitative estimate of drug-likeness (QED) is 0.842. The summed E-state index contributed by atoms with van der Waals surface area (Å²) in [5.41, 5.74) is 1.33. The maximum Gasteiger partial charge on any atom is 0.238 e. The lowest BCUT2D eigenvalue weighted by Crippen LogP contribution is -2.12. The Morgan fingerprint density at radius 3 is 2.79 bits per heavy atom. The Morgan fingerprint density at radius 2 is 2.11 bits per heavy atom. The number of halogens is 1. The Kier molecular flexibility index (Phi) is 3.70. The Labute approximate surface area is 115 Å². The van der Waals surface area contributed by atoms with Gasteiger partial charge >= 0.3 is 0 Å². The normalized spacial score (nSPS) is 11.3. The minimum Gasteiger partial charge on any atom is -0.340 e. The molecule has 2 aromatic rings. The molecule has 8 heteroatoms. The van der Waals surface area contributed by atoms with Crippen molar-refractivity contribution in [1.82, 2.24) is 9.97 Å². The molecule has 6 nitrogen and oxygen atoms in total. The summed E-state index contributed by atoms with van der Waals surface area (Å²) in [5.74, 6) is 0.506. The Morgan fingerprint density at radius 1 is 1.37 bits per heavy atom. The van der Waals surface area contributed by atoms with E-state index in [2.05, 4.69) is 15.3 Å². The molecule has 3 N–H and O–H groups in total. The van der Waals surface area contributed by atoms with Gasteiger partial charge in [-0.05, 0) is 36.7 Å². The van der Waals surface area contributed by atoms with Gasteiger partial charge in [0.2, 0.25) is 15.3 Å². The third kappa shape index (κ3) is 3.40. The fourth-order valence-corrected chi connectivity index (χ4v) is 2.13. The highest BCUT2D eigenvalue weighted by Gasteiger charge is 2.09. The summed E-state index contributed by atoms with van der Waals surface area (Å²) in [6, 6.07) is 6.12. The number of nitrogens with one attached hydrogen (secondary N) is 1. The molecule has 0 fully saturated rings. The number of anilines is 2. The molecule has 100 valence electrons. The molecule has 0 amide bonds. The van der Waals surface area contributed by atoms with Crippen LogP contribution in [0.15, 0.2) is 35.4 Å². The van der Waals surface area contributed by atoms with E-state index in [-0.39, 0.29) is 10.2 Å². The predicted octanol–water partition coefficient (Wildman–Crippen LogP) is 1.83. The molecular weight excluding hydrogens is 288 g/mol. The van der Waals surface area contributed by atoms with Crippen LogP contribution in [0.2, 0.25) is 5.28 Å². The molecule has 2 rings (SSSR count). The number of primary sulfonamides is 1. The van der Waals surface area contributed by atoms with Crippen molar-refractivity contribution in [3.8, 4) is 0 Å². The number of benzene rings is 1. The molecule has 0 bridgehead atoms. The highest BCUT2D eigenvalue weighted by Crippen LogP contribution is 2.21. The van der Waals surface area contributed by atoms with Crippen LogP contribution in [0.4, 0.5) is 11.5 Å². The van der Waals surface area contributed by atoms with E-state index >= 15 is 0 Å².